The number of rotatable bonds is 4. The Morgan fingerprint density at radius 3 is 2.54 bits per heavy atom. The second-order valence-electron chi connectivity index (χ2n) is 3.74. The lowest BCUT2D eigenvalue weighted by atomic mass is 9.95. The van der Waals surface area contributed by atoms with E-state index in [1.165, 1.54) is 7.11 Å². The van der Waals surface area contributed by atoms with E-state index in [1.54, 1.807) is 11.9 Å². The van der Waals surface area contributed by atoms with Gasteiger partial charge in [0.25, 0.3) is 0 Å². The van der Waals surface area contributed by atoms with Crippen molar-refractivity contribution in [1.29, 1.82) is 5.26 Å². The van der Waals surface area contributed by atoms with Crippen LogP contribution in [0, 0.1) is 16.7 Å². The van der Waals surface area contributed by atoms with Crippen molar-refractivity contribution in [2.45, 2.75) is 13.8 Å². The standard InChI is InChI=1S/C9H16N2O2/c1-9(2,6-10)7-11(3)5-8(12)13-4/h5,7H2,1-4H3. The molecular weight excluding hydrogens is 168 g/mol. The van der Waals surface area contributed by atoms with Gasteiger partial charge < -0.3 is 4.74 Å². The Balaban J connectivity index is 3.96. The largest absolute Gasteiger partial charge is 0.468 e. The fourth-order valence-corrected chi connectivity index (χ4v) is 1.05. The zero-order chi connectivity index (χ0) is 10.5. The highest BCUT2D eigenvalue weighted by Gasteiger charge is 2.20. The van der Waals surface area contributed by atoms with Gasteiger partial charge in [-0.1, -0.05) is 0 Å². The van der Waals surface area contributed by atoms with Crippen LogP contribution in [-0.2, 0) is 9.53 Å². The molecule has 0 aliphatic carbocycles. The van der Waals surface area contributed by atoms with Gasteiger partial charge in [0.15, 0.2) is 0 Å². The number of nitriles is 1. The molecule has 0 aromatic rings. The summed E-state index contributed by atoms with van der Waals surface area (Å²) in [6.45, 7) is 4.45. The van der Waals surface area contributed by atoms with Crippen molar-refractivity contribution in [2.75, 3.05) is 27.2 Å². The normalized spacial score (nSPS) is 11.1. The van der Waals surface area contributed by atoms with Crippen LogP contribution in [0.1, 0.15) is 13.8 Å². The topological polar surface area (TPSA) is 53.3 Å². The van der Waals surface area contributed by atoms with Gasteiger partial charge in [-0.3, -0.25) is 9.69 Å². The minimum atomic E-state index is -0.428. The van der Waals surface area contributed by atoms with Crippen LogP contribution in [-0.4, -0.2) is 38.1 Å². The van der Waals surface area contributed by atoms with E-state index in [9.17, 15) is 4.79 Å². The Kier molecular flexibility index (Phi) is 4.43. The number of hydrogen-bond acceptors (Lipinski definition) is 4. The number of likely N-dealkylation sites (N-methyl/N-ethyl adjacent to an activating group) is 1. The summed E-state index contributed by atoms with van der Waals surface area (Å²) in [5.41, 5.74) is -0.428. The second kappa shape index (κ2) is 4.83. The molecule has 4 heteroatoms. The molecule has 0 aromatic heterocycles. The SMILES string of the molecule is COC(=O)CN(C)CC(C)(C)C#N. The summed E-state index contributed by atoms with van der Waals surface area (Å²) >= 11 is 0. The maximum Gasteiger partial charge on any atom is 0.319 e. The predicted octanol–water partition coefficient (Wildman–Crippen LogP) is 0.641. The first kappa shape index (κ1) is 11.9. The highest BCUT2D eigenvalue weighted by atomic mass is 16.5. The second-order valence-corrected chi connectivity index (χ2v) is 3.74. The molecular formula is C9H16N2O2. The molecule has 0 atom stereocenters. The van der Waals surface area contributed by atoms with Crippen LogP contribution in [0.3, 0.4) is 0 Å². The monoisotopic (exact) mass is 184 g/mol. The average Bonchev–Trinajstić information content (AvgIpc) is 2.03. The predicted molar refractivity (Wildman–Crippen MR) is 48.9 cm³/mol. The molecule has 0 N–H and O–H groups in total. The minimum absolute atomic E-state index is 0.224. The molecule has 0 unspecified atom stereocenters. The van der Waals surface area contributed by atoms with Crippen molar-refractivity contribution in [2.24, 2.45) is 5.41 Å². The Morgan fingerprint density at radius 2 is 2.15 bits per heavy atom. The van der Waals surface area contributed by atoms with Crippen molar-refractivity contribution in [3.05, 3.63) is 0 Å². The molecule has 0 fully saturated rings. The molecule has 0 heterocycles. The summed E-state index contributed by atoms with van der Waals surface area (Å²) in [5.74, 6) is -0.281. The van der Waals surface area contributed by atoms with Gasteiger partial charge in [-0.2, -0.15) is 5.26 Å². The summed E-state index contributed by atoms with van der Waals surface area (Å²) in [7, 11) is 3.14. The van der Waals surface area contributed by atoms with E-state index in [2.05, 4.69) is 10.8 Å². The molecule has 0 saturated heterocycles. The third-order valence-electron chi connectivity index (χ3n) is 1.59. The van der Waals surface area contributed by atoms with E-state index in [0.717, 1.165) is 0 Å². The summed E-state index contributed by atoms with van der Waals surface area (Å²) in [4.78, 5) is 12.6. The molecule has 0 bridgehead atoms. The van der Waals surface area contributed by atoms with E-state index in [0.29, 0.717) is 6.54 Å². The number of methoxy groups -OCH3 is 1. The lowest BCUT2D eigenvalue weighted by molar-refractivity contribution is -0.141. The number of carbonyl (C=O) groups excluding carboxylic acids is 1. The lowest BCUT2D eigenvalue weighted by Crippen LogP contribution is -2.34. The molecule has 0 aliphatic heterocycles. The highest BCUT2D eigenvalue weighted by Crippen LogP contribution is 2.13. The molecule has 0 spiro atoms. The number of ether oxygens (including phenoxy) is 1. The number of nitrogens with zero attached hydrogens (tertiary/aromatic N) is 2. The fraction of sp³-hybridized carbons (Fsp3) is 0.778. The molecule has 4 nitrogen and oxygen atoms in total. The molecule has 13 heavy (non-hydrogen) atoms. The van der Waals surface area contributed by atoms with Crippen LogP contribution in [0.5, 0.6) is 0 Å². The molecule has 0 amide bonds. The molecule has 0 aromatic carbocycles. The van der Waals surface area contributed by atoms with Gasteiger partial charge in [0.2, 0.25) is 0 Å². The van der Waals surface area contributed by atoms with Gasteiger partial charge in [-0.25, -0.2) is 0 Å². The Bertz CT molecular complexity index is 218. The van der Waals surface area contributed by atoms with E-state index in [-0.39, 0.29) is 12.5 Å². The first-order valence-electron chi connectivity index (χ1n) is 4.08. The first-order chi connectivity index (χ1) is 5.91. The first-order valence-corrected chi connectivity index (χ1v) is 4.08. The maximum absolute atomic E-state index is 10.8. The third kappa shape index (κ3) is 5.21. The highest BCUT2D eigenvalue weighted by molar-refractivity contribution is 5.71. The van der Waals surface area contributed by atoms with E-state index in [4.69, 9.17) is 5.26 Å². The quantitative estimate of drug-likeness (QED) is 0.602. The van der Waals surface area contributed by atoms with E-state index >= 15 is 0 Å². The number of hydrogen-bond donors (Lipinski definition) is 0. The average molecular weight is 184 g/mol. The van der Waals surface area contributed by atoms with Crippen molar-refractivity contribution < 1.29 is 9.53 Å². The summed E-state index contributed by atoms with van der Waals surface area (Å²) in [5, 5.41) is 8.74. The van der Waals surface area contributed by atoms with E-state index in [1.807, 2.05) is 13.8 Å². The van der Waals surface area contributed by atoms with Gasteiger partial charge in [0, 0.05) is 6.54 Å². The van der Waals surface area contributed by atoms with Crippen molar-refractivity contribution in [3.63, 3.8) is 0 Å². The van der Waals surface area contributed by atoms with Gasteiger partial charge in [-0.05, 0) is 20.9 Å². The Hall–Kier alpha value is -1.08. The zero-order valence-corrected chi connectivity index (χ0v) is 8.63. The molecule has 0 saturated carbocycles. The summed E-state index contributed by atoms with van der Waals surface area (Å²) in [6.07, 6.45) is 0. The third-order valence-corrected chi connectivity index (χ3v) is 1.59. The van der Waals surface area contributed by atoms with Gasteiger partial charge in [0.1, 0.15) is 0 Å². The Labute approximate surface area is 79.1 Å². The lowest BCUT2D eigenvalue weighted by Gasteiger charge is -2.22. The maximum atomic E-state index is 10.8. The summed E-state index contributed by atoms with van der Waals surface area (Å²) in [6, 6.07) is 2.17. The molecule has 0 rings (SSSR count). The smallest absolute Gasteiger partial charge is 0.319 e. The van der Waals surface area contributed by atoms with Crippen LogP contribution >= 0.6 is 0 Å². The molecule has 74 valence electrons. The van der Waals surface area contributed by atoms with Crippen molar-refractivity contribution >= 4 is 5.97 Å². The van der Waals surface area contributed by atoms with Crippen molar-refractivity contribution in [1.82, 2.24) is 4.90 Å². The van der Waals surface area contributed by atoms with E-state index < -0.39 is 5.41 Å². The number of carbonyl (C=O) groups is 1. The number of esters is 1. The van der Waals surface area contributed by atoms with Crippen LogP contribution in [0.4, 0.5) is 0 Å². The molecule has 0 radical (unpaired) electrons. The van der Waals surface area contributed by atoms with Gasteiger partial charge in [0.05, 0.1) is 25.1 Å². The van der Waals surface area contributed by atoms with Gasteiger partial charge in [-0.15, -0.1) is 0 Å². The fourth-order valence-electron chi connectivity index (χ4n) is 1.05. The zero-order valence-electron chi connectivity index (χ0n) is 8.63. The van der Waals surface area contributed by atoms with Crippen LogP contribution in [0.2, 0.25) is 0 Å². The van der Waals surface area contributed by atoms with Crippen LogP contribution in [0.25, 0.3) is 0 Å². The molecule has 0 aliphatic rings. The van der Waals surface area contributed by atoms with Crippen molar-refractivity contribution in [3.8, 4) is 6.07 Å². The Morgan fingerprint density at radius 1 is 1.62 bits per heavy atom. The minimum Gasteiger partial charge on any atom is -0.468 e. The van der Waals surface area contributed by atoms with Crippen LogP contribution in [0.15, 0.2) is 0 Å². The van der Waals surface area contributed by atoms with Gasteiger partial charge >= 0.3 is 5.97 Å². The summed E-state index contributed by atoms with van der Waals surface area (Å²) < 4.78 is 4.51. The van der Waals surface area contributed by atoms with Crippen LogP contribution < -0.4 is 0 Å².